The van der Waals surface area contributed by atoms with Crippen molar-refractivity contribution in [1.29, 1.82) is 0 Å². The van der Waals surface area contributed by atoms with Crippen LogP contribution in [0, 0.1) is 4.77 Å². The molecule has 0 amide bonds. The van der Waals surface area contributed by atoms with Crippen molar-refractivity contribution in [2.24, 2.45) is 7.05 Å². The molecule has 4 aromatic rings. The van der Waals surface area contributed by atoms with Crippen molar-refractivity contribution >= 4 is 23.0 Å². The maximum absolute atomic E-state index is 6.13. The van der Waals surface area contributed by atoms with Gasteiger partial charge in [0.15, 0.2) is 28.2 Å². The molecule has 1 aliphatic rings. The van der Waals surface area contributed by atoms with Crippen LogP contribution < -0.4 is 14.2 Å². The van der Waals surface area contributed by atoms with E-state index in [2.05, 4.69) is 36.2 Å². The SMILES string of the molecule is COc1ccc2cc(CN(C)Cn3nc(C4COc5ccccc5O4)n(C)c3=S)ccc2c1. The Morgan fingerprint density at radius 2 is 1.85 bits per heavy atom. The summed E-state index contributed by atoms with van der Waals surface area (Å²) in [5, 5.41) is 7.12. The highest BCUT2D eigenvalue weighted by molar-refractivity contribution is 7.71. The fourth-order valence-electron chi connectivity index (χ4n) is 4.11. The summed E-state index contributed by atoms with van der Waals surface area (Å²) in [6, 6.07) is 20.3. The molecule has 1 aromatic heterocycles. The molecule has 0 saturated carbocycles. The van der Waals surface area contributed by atoms with Crippen LogP contribution in [0.3, 0.4) is 0 Å². The quantitative estimate of drug-likeness (QED) is 0.387. The third-order valence-corrected chi connectivity index (χ3v) is 6.30. The van der Waals surface area contributed by atoms with Crippen LogP contribution >= 0.6 is 12.2 Å². The second kappa shape index (κ2) is 8.88. The summed E-state index contributed by atoms with van der Waals surface area (Å²) in [5.41, 5.74) is 1.22. The largest absolute Gasteiger partial charge is 0.497 e. The summed E-state index contributed by atoms with van der Waals surface area (Å²) < 4.78 is 21.7. The molecule has 1 unspecified atom stereocenters. The maximum atomic E-state index is 6.13. The van der Waals surface area contributed by atoms with E-state index in [1.807, 2.05) is 52.7 Å². The third kappa shape index (κ3) is 4.31. The van der Waals surface area contributed by atoms with Gasteiger partial charge in [0.2, 0.25) is 0 Å². The lowest BCUT2D eigenvalue weighted by atomic mass is 10.1. The average Bonchev–Trinajstić information content (AvgIpc) is 3.11. The Morgan fingerprint density at radius 1 is 1.09 bits per heavy atom. The second-order valence-electron chi connectivity index (χ2n) is 8.27. The first-order valence-corrected chi connectivity index (χ1v) is 11.2. The summed E-state index contributed by atoms with van der Waals surface area (Å²) in [6.45, 7) is 1.73. The Hall–Kier alpha value is -3.36. The van der Waals surface area contributed by atoms with E-state index < -0.39 is 0 Å². The zero-order valence-corrected chi connectivity index (χ0v) is 19.7. The van der Waals surface area contributed by atoms with E-state index in [4.69, 9.17) is 31.5 Å². The molecule has 2 heterocycles. The predicted molar refractivity (Wildman–Crippen MR) is 129 cm³/mol. The van der Waals surface area contributed by atoms with Crippen LogP contribution in [-0.2, 0) is 20.3 Å². The van der Waals surface area contributed by atoms with Crippen LogP contribution in [0.1, 0.15) is 17.5 Å². The molecule has 5 rings (SSSR count). The van der Waals surface area contributed by atoms with Crippen molar-refractivity contribution < 1.29 is 14.2 Å². The molecule has 0 aliphatic carbocycles. The van der Waals surface area contributed by atoms with Gasteiger partial charge < -0.3 is 18.8 Å². The van der Waals surface area contributed by atoms with Crippen LogP contribution in [0.2, 0.25) is 0 Å². The Morgan fingerprint density at radius 3 is 2.67 bits per heavy atom. The summed E-state index contributed by atoms with van der Waals surface area (Å²) in [4.78, 5) is 2.19. The zero-order valence-electron chi connectivity index (χ0n) is 18.9. The van der Waals surface area contributed by atoms with Gasteiger partial charge in [-0.1, -0.05) is 30.3 Å². The molecule has 0 bridgehead atoms. The van der Waals surface area contributed by atoms with Gasteiger partial charge >= 0.3 is 0 Å². The molecule has 33 heavy (non-hydrogen) atoms. The highest BCUT2D eigenvalue weighted by atomic mass is 32.1. The Bertz CT molecular complexity index is 1360. The van der Waals surface area contributed by atoms with Crippen LogP contribution in [-0.4, -0.2) is 40.0 Å². The van der Waals surface area contributed by atoms with E-state index >= 15 is 0 Å². The number of ether oxygens (including phenoxy) is 3. The first kappa shape index (κ1) is 21.5. The van der Waals surface area contributed by atoms with E-state index in [0.717, 1.165) is 35.0 Å². The Labute approximate surface area is 197 Å². The topological polar surface area (TPSA) is 53.7 Å². The number of rotatable bonds is 6. The zero-order chi connectivity index (χ0) is 22.9. The van der Waals surface area contributed by atoms with Crippen molar-refractivity contribution in [3.63, 3.8) is 0 Å². The van der Waals surface area contributed by atoms with Gasteiger partial charge in [-0.2, -0.15) is 5.10 Å². The molecule has 0 radical (unpaired) electrons. The highest BCUT2D eigenvalue weighted by Gasteiger charge is 2.27. The van der Waals surface area contributed by atoms with Gasteiger partial charge in [-0.05, 0) is 65.9 Å². The van der Waals surface area contributed by atoms with Crippen LogP contribution in [0.15, 0.2) is 60.7 Å². The van der Waals surface area contributed by atoms with Crippen molar-refractivity contribution in [2.75, 3.05) is 20.8 Å². The fourth-order valence-corrected chi connectivity index (χ4v) is 4.30. The smallest absolute Gasteiger partial charge is 0.198 e. The fraction of sp³-hybridized carbons (Fsp3) is 0.280. The first-order chi connectivity index (χ1) is 16.0. The molecule has 3 aromatic carbocycles. The molecule has 7 nitrogen and oxygen atoms in total. The predicted octanol–water partition coefficient (Wildman–Crippen LogP) is 4.71. The molecule has 0 spiro atoms. The molecule has 170 valence electrons. The van der Waals surface area contributed by atoms with Gasteiger partial charge in [-0.25, -0.2) is 4.68 Å². The lowest BCUT2D eigenvalue weighted by molar-refractivity contribution is 0.0821. The molecule has 8 heteroatoms. The lowest BCUT2D eigenvalue weighted by Crippen LogP contribution is -2.25. The van der Waals surface area contributed by atoms with Gasteiger partial charge in [-0.3, -0.25) is 4.90 Å². The van der Waals surface area contributed by atoms with Crippen molar-refractivity contribution in [2.45, 2.75) is 19.3 Å². The van der Waals surface area contributed by atoms with E-state index in [-0.39, 0.29) is 6.10 Å². The normalized spacial score (nSPS) is 15.2. The molecule has 1 aliphatic heterocycles. The number of hydrogen-bond donors (Lipinski definition) is 0. The van der Waals surface area contributed by atoms with E-state index in [1.54, 1.807) is 7.11 Å². The number of hydrogen-bond acceptors (Lipinski definition) is 6. The highest BCUT2D eigenvalue weighted by Crippen LogP contribution is 2.35. The average molecular weight is 463 g/mol. The molecular weight excluding hydrogens is 436 g/mol. The van der Waals surface area contributed by atoms with E-state index in [0.29, 0.717) is 18.0 Å². The third-order valence-electron chi connectivity index (χ3n) is 5.81. The molecule has 1 atom stereocenters. The molecule has 0 N–H and O–H groups in total. The minimum atomic E-state index is -0.310. The van der Waals surface area contributed by atoms with Crippen LogP contribution in [0.25, 0.3) is 10.8 Å². The number of fused-ring (bicyclic) bond motifs is 2. The van der Waals surface area contributed by atoms with Crippen LogP contribution in [0.5, 0.6) is 17.2 Å². The minimum Gasteiger partial charge on any atom is -0.497 e. The van der Waals surface area contributed by atoms with Crippen molar-refractivity contribution in [3.05, 3.63) is 76.8 Å². The lowest BCUT2D eigenvalue weighted by Gasteiger charge is -2.25. The minimum absolute atomic E-state index is 0.310. The van der Waals surface area contributed by atoms with Gasteiger partial charge in [0, 0.05) is 13.6 Å². The summed E-state index contributed by atoms with van der Waals surface area (Å²) in [6.07, 6.45) is -0.310. The summed E-state index contributed by atoms with van der Waals surface area (Å²) in [7, 11) is 5.67. The van der Waals surface area contributed by atoms with Crippen LogP contribution in [0.4, 0.5) is 0 Å². The molecule has 0 fully saturated rings. The standard InChI is InChI=1S/C25H26N4O3S/c1-27(14-17-8-9-19-13-20(30-3)11-10-18(19)12-17)16-29-25(33)28(2)24(26-29)23-15-31-21-6-4-5-7-22(21)32-23/h4-13,23H,14-16H2,1-3H3. The summed E-state index contributed by atoms with van der Waals surface area (Å²) >= 11 is 5.66. The van der Waals surface area contributed by atoms with Gasteiger partial charge in [-0.15, -0.1) is 0 Å². The summed E-state index contributed by atoms with van der Waals surface area (Å²) in [5.74, 6) is 3.09. The number of para-hydroxylation sites is 2. The van der Waals surface area contributed by atoms with Gasteiger partial charge in [0.1, 0.15) is 12.4 Å². The number of nitrogens with zero attached hydrogens (tertiary/aromatic N) is 4. The monoisotopic (exact) mass is 462 g/mol. The van der Waals surface area contributed by atoms with E-state index in [1.165, 1.54) is 10.9 Å². The van der Waals surface area contributed by atoms with Crippen molar-refractivity contribution in [3.8, 4) is 17.2 Å². The number of methoxy groups -OCH3 is 1. The second-order valence-corrected chi connectivity index (χ2v) is 8.63. The Kier molecular flexibility index (Phi) is 5.78. The maximum Gasteiger partial charge on any atom is 0.198 e. The van der Waals surface area contributed by atoms with Gasteiger partial charge in [0.25, 0.3) is 0 Å². The molecule has 0 saturated heterocycles. The van der Waals surface area contributed by atoms with Crippen molar-refractivity contribution in [1.82, 2.24) is 19.2 Å². The first-order valence-electron chi connectivity index (χ1n) is 10.8. The number of aromatic nitrogens is 3. The van der Waals surface area contributed by atoms with E-state index in [9.17, 15) is 0 Å². The van der Waals surface area contributed by atoms with Gasteiger partial charge in [0.05, 0.1) is 13.8 Å². The Balaban J connectivity index is 1.31. The number of benzene rings is 3. The molecular formula is C25H26N4O3S.